The number of nitrogens with zero attached hydrogens (tertiary/aromatic N) is 2. The van der Waals surface area contributed by atoms with E-state index < -0.39 is 0 Å². The zero-order valence-electron chi connectivity index (χ0n) is 19.7. The van der Waals surface area contributed by atoms with Crippen molar-refractivity contribution in [2.24, 2.45) is 0 Å². The summed E-state index contributed by atoms with van der Waals surface area (Å²) in [6.45, 7) is 4.81. The smallest absolute Gasteiger partial charge is 0.290 e. The maximum atomic E-state index is 13.6. The highest BCUT2D eigenvalue weighted by Crippen LogP contribution is 2.35. The highest BCUT2D eigenvalue weighted by atomic mass is 32.1. The van der Waals surface area contributed by atoms with Gasteiger partial charge in [0.1, 0.15) is 13.2 Å². The Morgan fingerprint density at radius 3 is 2.71 bits per heavy atom. The Kier molecular flexibility index (Phi) is 7.57. The number of rotatable bonds is 9. The Morgan fingerprint density at radius 2 is 2.00 bits per heavy atom. The number of thiophene rings is 1. The second-order valence-corrected chi connectivity index (χ2v) is 9.28. The first kappa shape index (κ1) is 23.9. The van der Waals surface area contributed by atoms with Crippen LogP contribution in [0.25, 0.3) is 0 Å². The van der Waals surface area contributed by atoms with Crippen LogP contribution in [0.5, 0.6) is 11.5 Å². The maximum absolute atomic E-state index is 13.6. The molecule has 2 aromatic heterocycles. The van der Waals surface area contributed by atoms with Gasteiger partial charge in [-0.3, -0.25) is 9.59 Å². The van der Waals surface area contributed by atoms with Gasteiger partial charge in [0.2, 0.25) is 5.91 Å². The Bertz CT molecular complexity index is 1110. The van der Waals surface area contributed by atoms with Gasteiger partial charge < -0.3 is 23.7 Å². The number of para-hydroxylation sites is 2. The number of benzene rings is 1. The number of amides is 2. The van der Waals surface area contributed by atoms with E-state index in [4.69, 9.17) is 13.9 Å². The van der Waals surface area contributed by atoms with Crippen molar-refractivity contribution in [3.63, 3.8) is 0 Å². The lowest BCUT2D eigenvalue weighted by molar-refractivity contribution is -0.136. The molecule has 0 N–H and O–H groups in total. The fraction of sp³-hybridized carbons (Fsp3) is 0.385. The van der Waals surface area contributed by atoms with Gasteiger partial charge in [-0.05, 0) is 61.0 Å². The van der Waals surface area contributed by atoms with Crippen molar-refractivity contribution in [2.45, 2.75) is 38.8 Å². The standard InChI is InChI=1S/C26H30N2O5S/c1-4-18(2)28(26(30)23-10-7-14-32-23)16-25(29)27-13-11-24-19(12-15-34-24)20(27)17-33-22-9-6-5-8-21(22)31-3/h5-10,12,14-15,18,20H,4,11,13,16-17H2,1-3H3/t18-,20-/m1/s1. The van der Waals surface area contributed by atoms with E-state index in [2.05, 4.69) is 11.4 Å². The second kappa shape index (κ2) is 10.8. The lowest BCUT2D eigenvalue weighted by Gasteiger charge is -2.38. The number of furan rings is 1. The molecule has 0 unspecified atom stereocenters. The van der Waals surface area contributed by atoms with Crippen LogP contribution in [0.1, 0.15) is 47.3 Å². The fourth-order valence-corrected chi connectivity index (χ4v) is 5.14. The molecule has 180 valence electrons. The molecule has 0 saturated heterocycles. The monoisotopic (exact) mass is 482 g/mol. The third-order valence-electron chi connectivity index (χ3n) is 6.30. The summed E-state index contributed by atoms with van der Waals surface area (Å²) in [6, 6.07) is 12.5. The van der Waals surface area contributed by atoms with Crippen molar-refractivity contribution < 1.29 is 23.5 Å². The molecule has 1 aliphatic heterocycles. The second-order valence-electron chi connectivity index (χ2n) is 8.28. The number of ether oxygens (including phenoxy) is 2. The molecule has 3 heterocycles. The molecule has 0 saturated carbocycles. The highest BCUT2D eigenvalue weighted by molar-refractivity contribution is 7.10. The average molecular weight is 483 g/mol. The van der Waals surface area contributed by atoms with Crippen LogP contribution in [0, 0.1) is 0 Å². The lowest BCUT2D eigenvalue weighted by Crippen LogP contribution is -2.49. The summed E-state index contributed by atoms with van der Waals surface area (Å²) < 4.78 is 16.9. The maximum Gasteiger partial charge on any atom is 0.290 e. The first-order valence-corrected chi connectivity index (χ1v) is 12.4. The average Bonchev–Trinajstić information content (AvgIpc) is 3.57. The molecule has 2 amide bonds. The van der Waals surface area contributed by atoms with E-state index in [1.807, 2.05) is 43.0 Å². The minimum absolute atomic E-state index is 0.0147. The topological polar surface area (TPSA) is 72.2 Å². The molecule has 0 fully saturated rings. The molecule has 0 aliphatic carbocycles. The van der Waals surface area contributed by atoms with E-state index in [1.165, 1.54) is 11.1 Å². The van der Waals surface area contributed by atoms with Crippen LogP contribution in [0.2, 0.25) is 0 Å². The molecular weight excluding hydrogens is 452 g/mol. The third-order valence-corrected chi connectivity index (χ3v) is 7.30. The van der Waals surface area contributed by atoms with Crippen LogP contribution in [0.4, 0.5) is 0 Å². The van der Waals surface area contributed by atoms with Gasteiger partial charge in [0.15, 0.2) is 17.3 Å². The van der Waals surface area contributed by atoms with Crippen LogP contribution in [-0.4, -0.2) is 54.5 Å². The highest BCUT2D eigenvalue weighted by Gasteiger charge is 2.35. The number of fused-ring (bicyclic) bond motifs is 1. The summed E-state index contributed by atoms with van der Waals surface area (Å²) in [4.78, 5) is 31.4. The summed E-state index contributed by atoms with van der Waals surface area (Å²) in [5.74, 6) is 1.14. The van der Waals surface area contributed by atoms with E-state index in [1.54, 1.807) is 35.5 Å². The Morgan fingerprint density at radius 1 is 1.21 bits per heavy atom. The first-order chi connectivity index (χ1) is 16.5. The van der Waals surface area contributed by atoms with E-state index in [0.717, 1.165) is 18.4 Å². The van der Waals surface area contributed by atoms with Gasteiger partial charge in [0, 0.05) is 17.5 Å². The summed E-state index contributed by atoms with van der Waals surface area (Å²) in [5, 5.41) is 2.06. The third kappa shape index (κ3) is 4.97. The van der Waals surface area contributed by atoms with Crippen LogP contribution >= 0.6 is 11.3 Å². The molecule has 0 bridgehead atoms. The largest absolute Gasteiger partial charge is 0.493 e. The molecule has 4 rings (SSSR count). The Hall–Kier alpha value is -3.26. The molecule has 1 aliphatic rings. The van der Waals surface area contributed by atoms with Crippen molar-refractivity contribution in [1.82, 2.24) is 9.80 Å². The first-order valence-electron chi connectivity index (χ1n) is 11.5. The minimum Gasteiger partial charge on any atom is -0.493 e. The summed E-state index contributed by atoms with van der Waals surface area (Å²) >= 11 is 1.70. The van der Waals surface area contributed by atoms with Gasteiger partial charge in [-0.1, -0.05) is 19.1 Å². The summed E-state index contributed by atoms with van der Waals surface area (Å²) in [7, 11) is 1.61. The van der Waals surface area contributed by atoms with Crippen molar-refractivity contribution >= 4 is 23.2 Å². The summed E-state index contributed by atoms with van der Waals surface area (Å²) in [6.07, 6.45) is 2.99. The molecule has 1 aromatic carbocycles. The van der Waals surface area contributed by atoms with Crippen LogP contribution in [-0.2, 0) is 11.2 Å². The number of methoxy groups -OCH3 is 1. The van der Waals surface area contributed by atoms with Gasteiger partial charge in [0.25, 0.3) is 5.91 Å². The predicted molar refractivity (Wildman–Crippen MR) is 130 cm³/mol. The normalized spacial score (nSPS) is 16.0. The molecule has 7 nitrogen and oxygen atoms in total. The van der Waals surface area contributed by atoms with E-state index >= 15 is 0 Å². The van der Waals surface area contributed by atoms with Gasteiger partial charge in [-0.2, -0.15) is 0 Å². The van der Waals surface area contributed by atoms with Crippen molar-refractivity contribution in [3.05, 3.63) is 70.3 Å². The van der Waals surface area contributed by atoms with Gasteiger partial charge in [-0.25, -0.2) is 0 Å². The van der Waals surface area contributed by atoms with E-state index in [0.29, 0.717) is 24.7 Å². The minimum atomic E-state index is -0.275. The number of hydrogen-bond acceptors (Lipinski definition) is 6. The zero-order valence-corrected chi connectivity index (χ0v) is 20.5. The zero-order chi connectivity index (χ0) is 24.1. The quantitative estimate of drug-likeness (QED) is 0.438. The van der Waals surface area contributed by atoms with Gasteiger partial charge >= 0.3 is 0 Å². The van der Waals surface area contributed by atoms with Crippen molar-refractivity contribution in [3.8, 4) is 11.5 Å². The molecular formula is C26H30N2O5S. The molecule has 0 radical (unpaired) electrons. The number of carbonyl (C=O) groups excluding carboxylic acids is 2. The fourth-order valence-electron chi connectivity index (χ4n) is 4.21. The molecule has 2 atom stereocenters. The molecule has 8 heteroatoms. The van der Waals surface area contributed by atoms with E-state index in [-0.39, 0.29) is 36.2 Å². The molecule has 3 aromatic rings. The number of hydrogen-bond donors (Lipinski definition) is 0. The Labute approximate surface area is 203 Å². The number of carbonyl (C=O) groups is 2. The van der Waals surface area contributed by atoms with Crippen molar-refractivity contribution in [1.29, 1.82) is 0 Å². The molecule has 0 spiro atoms. The predicted octanol–water partition coefficient (Wildman–Crippen LogP) is 4.80. The van der Waals surface area contributed by atoms with Crippen LogP contribution in [0.15, 0.2) is 58.5 Å². The van der Waals surface area contributed by atoms with Crippen molar-refractivity contribution in [2.75, 3.05) is 26.8 Å². The van der Waals surface area contributed by atoms with Gasteiger partial charge in [-0.15, -0.1) is 11.3 Å². The molecule has 34 heavy (non-hydrogen) atoms. The van der Waals surface area contributed by atoms with Crippen LogP contribution < -0.4 is 9.47 Å². The van der Waals surface area contributed by atoms with Gasteiger partial charge in [0.05, 0.1) is 19.4 Å². The SMILES string of the molecule is CC[C@@H](C)N(CC(=O)N1CCc2sccc2[C@H]1COc1ccccc1OC)C(=O)c1ccco1. The lowest BCUT2D eigenvalue weighted by atomic mass is 10.00. The Balaban J connectivity index is 1.55. The van der Waals surface area contributed by atoms with Crippen LogP contribution in [0.3, 0.4) is 0 Å². The van der Waals surface area contributed by atoms with E-state index in [9.17, 15) is 9.59 Å². The summed E-state index contributed by atoms with van der Waals surface area (Å²) in [5.41, 5.74) is 1.10.